The van der Waals surface area contributed by atoms with Crippen molar-refractivity contribution in [2.75, 3.05) is 0 Å². The molecule has 1 aromatic rings. The summed E-state index contributed by atoms with van der Waals surface area (Å²) in [4.78, 5) is 4.32. The minimum Gasteiger partial charge on any atom is -0.288 e. The fourth-order valence-corrected chi connectivity index (χ4v) is 1.47. The number of hydrogen-bond donors (Lipinski definition) is 0. The van der Waals surface area contributed by atoms with Gasteiger partial charge >= 0.3 is 0 Å². The third-order valence-electron chi connectivity index (χ3n) is 2.30. The topological polar surface area (TPSA) is 12.4 Å². The van der Waals surface area contributed by atoms with Crippen LogP contribution in [-0.2, 0) is 6.54 Å². The van der Waals surface area contributed by atoms with Crippen molar-refractivity contribution in [3.05, 3.63) is 65.8 Å². The summed E-state index contributed by atoms with van der Waals surface area (Å²) in [5.41, 5.74) is 3.44. The van der Waals surface area contributed by atoms with E-state index in [0.29, 0.717) is 0 Å². The van der Waals surface area contributed by atoms with Crippen molar-refractivity contribution >= 4 is 12.3 Å². The Hall–Kier alpha value is -1.89. The molecule has 0 unspecified atom stereocenters. The summed E-state index contributed by atoms with van der Waals surface area (Å²) in [6.07, 6.45) is 9.80. The van der Waals surface area contributed by atoms with E-state index in [1.54, 1.807) is 0 Å². The number of nitrogens with zero attached hydrogens (tertiary/aromatic N) is 1. The first-order valence-electron chi connectivity index (χ1n) is 5.97. The van der Waals surface area contributed by atoms with E-state index in [4.69, 9.17) is 0 Å². The van der Waals surface area contributed by atoms with Gasteiger partial charge in [-0.05, 0) is 22.8 Å². The zero-order valence-corrected chi connectivity index (χ0v) is 10.6. The van der Waals surface area contributed by atoms with Gasteiger partial charge in [0.1, 0.15) is 0 Å². The number of allylic oxidation sites excluding steroid dienone is 4. The van der Waals surface area contributed by atoms with E-state index in [1.807, 2.05) is 50.4 Å². The van der Waals surface area contributed by atoms with Crippen molar-refractivity contribution < 1.29 is 0 Å². The van der Waals surface area contributed by atoms with Gasteiger partial charge in [-0.25, -0.2) is 0 Å². The zero-order chi connectivity index (χ0) is 12.5. The molecule has 1 aliphatic heterocycles. The standard InChI is InChI=1S/C14H13N.C2H6/c1-12-5-4-10-15-11-14-7-3-2-6-13(14)9-8-12;1-2/h2-10H,1,11H2;1-2H3/b5-4-,9-8-,15-10?;. The average Bonchev–Trinajstić information content (AvgIpc) is 2.39. The van der Waals surface area contributed by atoms with E-state index >= 15 is 0 Å². The van der Waals surface area contributed by atoms with Crippen LogP contribution < -0.4 is 0 Å². The summed E-state index contributed by atoms with van der Waals surface area (Å²) in [5.74, 6) is 0. The van der Waals surface area contributed by atoms with Gasteiger partial charge in [0, 0.05) is 6.21 Å². The fraction of sp³-hybridized carbons (Fsp3) is 0.188. The van der Waals surface area contributed by atoms with Crippen LogP contribution in [-0.4, -0.2) is 6.21 Å². The van der Waals surface area contributed by atoms with Crippen LogP contribution in [0.2, 0.25) is 0 Å². The maximum Gasteiger partial charge on any atom is 0.0645 e. The molecule has 2 rings (SSSR count). The van der Waals surface area contributed by atoms with Crippen molar-refractivity contribution in [1.82, 2.24) is 0 Å². The number of rotatable bonds is 0. The van der Waals surface area contributed by atoms with Crippen molar-refractivity contribution in [3.63, 3.8) is 0 Å². The highest BCUT2D eigenvalue weighted by Crippen LogP contribution is 2.13. The minimum absolute atomic E-state index is 0.733. The molecular weight excluding hydrogens is 206 g/mol. The molecule has 0 spiro atoms. The first-order valence-corrected chi connectivity index (χ1v) is 5.97. The molecule has 0 bridgehead atoms. The highest BCUT2D eigenvalue weighted by molar-refractivity contribution is 5.73. The lowest BCUT2D eigenvalue weighted by atomic mass is 10.1. The predicted molar refractivity (Wildman–Crippen MR) is 77.3 cm³/mol. The Balaban J connectivity index is 0.000000686. The Labute approximate surface area is 104 Å². The molecule has 0 aliphatic carbocycles. The van der Waals surface area contributed by atoms with Crippen molar-refractivity contribution in [1.29, 1.82) is 0 Å². The summed E-state index contributed by atoms with van der Waals surface area (Å²) >= 11 is 0. The second kappa shape index (κ2) is 7.39. The molecule has 0 fully saturated rings. The lowest BCUT2D eigenvalue weighted by Crippen LogP contribution is -1.87. The zero-order valence-electron chi connectivity index (χ0n) is 10.6. The second-order valence-corrected chi connectivity index (χ2v) is 3.46. The molecule has 1 aromatic carbocycles. The number of hydrogen-bond acceptors (Lipinski definition) is 1. The SMILES string of the molecule is C=C1/C=C\C=NCc2ccccc2/C=C\1.CC. The van der Waals surface area contributed by atoms with Crippen molar-refractivity contribution in [2.45, 2.75) is 20.4 Å². The van der Waals surface area contributed by atoms with Crippen molar-refractivity contribution in [2.24, 2.45) is 4.99 Å². The highest BCUT2D eigenvalue weighted by atomic mass is 14.7. The van der Waals surface area contributed by atoms with Gasteiger partial charge in [0.25, 0.3) is 0 Å². The van der Waals surface area contributed by atoms with Gasteiger partial charge in [0.2, 0.25) is 0 Å². The lowest BCUT2D eigenvalue weighted by Gasteiger charge is -2.03. The molecule has 0 atom stereocenters. The van der Waals surface area contributed by atoms with Crippen LogP contribution in [0, 0.1) is 0 Å². The molecule has 1 heterocycles. The maximum absolute atomic E-state index is 4.32. The maximum atomic E-state index is 4.32. The molecule has 1 heteroatoms. The number of fused-ring (bicyclic) bond motifs is 1. The van der Waals surface area contributed by atoms with E-state index in [2.05, 4.69) is 29.8 Å². The average molecular weight is 225 g/mol. The van der Waals surface area contributed by atoms with E-state index in [0.717, 1.165) is 12.1 Å². The Morgan fingerprint density at radius 2 is 1.82 bits per heavy atom. The molecule has 0 radical (unpaired) electrons. The molecule has 0 aromatic heterocycles. The van der Waals surface area contributed by atoms with E-state index in [9.17, 15) is 0 Å². The van der Waals surface area contributed by atoms with Crippen LogP contribution in [0.15, 0.2) is 59.6 Å². The predicted octanol–water partition coefficient (Wildman–Crippen LogP) is 4.42. The Morgan fingerprint density at radius 3 is 2.65 bits per heavy atom. The summed E-state index contributed by atoms with van der Waals surface area (Å²) < 4.78 is 0. The Bertz CT molecular complexity index is 450. The van der Waals surface area contributed by atoms with Crippen LogP contribution in [0.5, 0.6) is 0 Å². The molecule has 88 valence electrons. The quantitative estimate of drug-likeness (QED) is 0.619. The summed E-state index contributed by atoms with van der Waals surface area (Å²) in [5, 5.41) is 0. The smallest absolute Gasteiger partial charge is 0.0645 e. The summed E-state index contributed by atoms with van der Waals surface area (Å²) in [6.45, 7) is 8.66. The molecular formula is C16H19N. The van der Waals surface area contributed by atoms with Gasteiger partial charge in [-0.2, -0.15) is 0 Å². The normalized spacial score (nSPS) is 17.4. The number of aliphatic imine (C=N–C) groups is 1. The second-order valence-electron chi connectivity index (χ2n) is 3.46. The minimum atomic E-state index is 0.733. The summed E-state index contributed by atoms with van der Waals surface area (Å²) in [7, 11) is 0. The van der Waals surface area contributed by atoms with Gasteiger partial charge in [-0.15, -0.1) is 0 Å². The van der Waals surface area contributed by atoms with Gasteiger partial charge in [-0.1, -0.05) is 62.9 Å². The van der Waals surface area contributed by atoms with Gasteiger partial charge in [-0.3, -0.25) is 4.99 Å². The third kappa shape index (κ3) is 4.23. The van der Waals surface area contributed by atoms with Gasteiger partial charge in [0.05, 0.1) is 6.54 Å². The Kier molecular flexibility index (Phi) is 5.73. The highest BCUT2D eigenvalue weighted by Gasteiger charge is 1.97. The van der Waals surface area contributed by atoms with Crippen molar-refractivity contribution in [3.8, 4) is 0 Å². The first kappa shape index (κ1) is 13.2. The Morgan fingerprint density at radius 1 is 1.06 bits per heavy atom. The molecule has 0 saturated carbocycles. The first-order chi connectivity index (χ1) is 8.36. The van der Waals surface area contributed by atoms with Crippen LogP contribution >= 0.6 is 0 Å². The van der Waals surface area contributed by atoms with Crippen LogP contribution in [0.4, 0.5) is 0 Å². The fourth-order valence-electron chi connectivity index (χ4n) is 1.47. The molecule has 1 aliphatic rings. The largest absolute Gasteiger partial charge is 0.288 e. The molecule has 0 amide bonds. The molecule has 0 saturated heterocycles. The van der Waals surface area contributed by atoms with E-state index in [1.165, 1.54) is 11.1 Å². The molecule has 0 N–H and O–H groups in total. The van der Waals surface area contributed by atoms with Crippen LogP contribution in [0.25, 0.3) is 6.08 Å². The lowest BCUT2D eigenvalue weighted by molar-refractivity contribution is 1.07. The monoisotopic (exact) mass is 225 g/mol. The van der Waals surface area contributed by atoms with Crippen LogP contribution in [0.1, 0.15) is 25.0 Å². The van der Waals surface area contributed by atoms with E-state index in [-0.39, 0.29) is 0 Å². The van der Waals surface area contributed by atoms with Gasteiger partial charge in [0.15, 0.2) is 0 Å². The summed E-state index contributed by atoms with van der Waals surface area (Å²) in [6, 6.07) is 8.28. The van der Waals surface area contributed by atoms with Crippen LogP contribution in [0.3, 0.4) is 0 Å². The number of benzene rings is 1. The molecule has 1 nitrogen and oxygen atoms in total. The third-order valence-corrected chi connectivity index (χ3v) is 2.30. The van der Waals surface area contributed by atoms with Gasteiger partial charge < -0.3 is 0 Å². The van der Waals surface area contributed by atoms with E-state index < -0.39 is 0 Å². The molecule has 17 heavy (non-hydrogen) atoms.